The van der Waals surface area contributed by atoms with Crippen molar-refractivity contribution in [1.29, 1.82) is 0 Å². The van der Waals surface area contributed by atoms with Crippen molar-refractivity contribution in [3.8, 4) is 16.9 Å². The molecule has 2 aromatic heterocycles. The minimum atomic E-state index is -4.80. The average molecular weight is 416 g/mol. The highest BCUT2D eigenvalue weighted by molar-refractivity contribution is 7.13. The van der Waals surface area contributed by atoms with Crippen molar-refractivity contribution in [2.24, 2.45) is 7.05 Å². The Balaban J connectivity index is 1.95. The Bertz CT molecular complexity index is 1370. The molecule has 0 bridgehead atoms. The lowest BCUT2D eigenvalue weighted by atomic mass is 10.1. The number of fused-ring (bicyclic) bond motifs is 1. The monoisotopic (exact) mass is 416 g/mol. The SMILES string of the molecule is Cc1cc[c]c(-c2nsc3ccc(-n4c(=O)cc(C(F)(F)F)n(C)c4=O)cc23)c1. The zero-order chi connectivity index (χ0) is 20.9. The Kier molecular flexibility index (Phi) is 4.42. The van der Waals surface area contributed by atoms with E-state index in [1.54, 1.807) is 18.2 Å². The summed E-state index contributed by atoms with van der Waals surface area (Å²) in [6.45, 7) is 1.93. The van der Waals surface area contributed by atoms with Crippen LogP contribution in [0.4, 0.5) is 13.2 Å². The first-order valence-corrected chi connectivity index (χ1v) is 9.23. The molecule has 0 unspecified atom stereocenters. The third-order valence-electron chi connectivity index (χ3n) is 4.53. The van der Waals surface area contributed by atoms with Crippen LogP contribution in [0.5, 0.6) is 0 Å². The van der Waals surface area contributed by atoms with Crippen LogP contribution in [-0.2, 0) is 13.2 Å². The molecular formula is C20H13F3N3O2S. The molecule has 0 amide bonds. The van der Waals surface area contributed by atoms with E-state index in [2.05, 4.69) is 10.4 Å². The molecule has 0 spiro atoms. The van der Waals surface area contributed by atoms with Crippen molar-refractivity contribution in [2.45, 2.75) is 13.1 Å². The number of benzene rings is 2. The highest BCUT2D eigenvalue weighted by atomic mass is 32.1. The zero-order valence-corrected chi connectivity index (χ0v) is 16.1. The van der Waals surface area contributed by atoms with Crippen molar-refractivity contribution in [1.82, 2.24) is 13.5 Å². The van der Waals surface area contributed by atoms with Gasteiger partial charge in [0, 0.05) is 24.1 Å². The molecule has 0 fully saturated rings. The number of aryl methyl sites for hydroxylation is 1. The topological polar surface area (TPSA) is 56.9 Å². The first-order chi connectivity index (χ1) is 13.7. The van der Waals surface area contributed by atoms with E-state index in [0.29, 0.717) is 21.7 Å². The first-order valence-electron chi connectivity index (χ1n) is 8.45. The van der Waals surface area contributed by atoms with Gasteiger partial charge in [0.15, 0.2) is 0 Å². The third-order valence-corrected chi connectivity index (χ3v) is 5.36. The summed E-state index contributed by atoms with van der Waals surface area (Å²) in [4.78, 5) is 24.9. The number of nitrogens with zero attached hydrogens (tertiary/aromatic N) is 3. The Morgan fingerprint density at radius 2 is 1.86 bits per heavy atom. The molecule has 2 heterocycles. The van der Waals surface area contributed by atoms with Crippen molar-refractivity contribution in [3.63, 3.8) is 0 Å². The molecule has 147 valence electrons. The predicted molar refractivity (Wildman–Crippen MR) is 104 cm³/mol. The van der Waals surface area contributed by atoms with Gasteiger partial charge in [-0.05, 0) is 48.8 Å². The van der Waals surface area contributed by atoms with Gasteiger partial charge in [-0.1, -0.05) is 17.7 Å². The van der Waals surface area contributed by atoms with Gasteiger partial charge in [-0.2, -0.15) is 17.5 Å². The van der Waals surface area contributed by atoms with Gasteiger partial charge in [-0.3, -0.25) is 9.36 Å². The quantitative estimate of drug-likeness (QED) is 0.497. The van der Waals surface area contributed by atoms with Gasteiger partial charge in [-0.25, -0.2) is 9.36 Å². The van der Waals surface area contributed by atoms with Crippen LogP contribution in [0.15, 0.2) is 52.1 Å². The van der Waals surface area contributed by atoms with Crippen molar-refractivity contribution >= 4 is 21.6 Å². The van der Waals surface area contributed by atoms with Crippen molar-refractivity contribution in [2.75, 3.05) is 0 Å². The summed E-state index contributed by atoms with van der Waals surface area (Å²) in [5.41, 5.74) is -0.844. The summed E-state index contributed by atoms with van der Waals surface area (Å²) in [5.74, 6) is 0. The van der Waals surface area contributed by atoms with E-state index in [0.717, 1.165) is 27.4 Å². The molecule has 29 heavy (non-hydrogen) atoms. The molecule has 5 nitrogen and oxygen atoms in total. The van der Waals surface area contributed by atoms with Crippen LogP contribution in [-0.4, -0.2) is 13.5 Å². The van der Waals surface area contributed by atoms with Gasteiger partial charge < -0.3 is 0 Å². The largest absolute Gasteiger partial charge is 0.431 e. The molecular weight excluding hydrogens is 403 g/mol. The van der Waals surface area contributed by atoms with Gasteiger partial charge in [0.1, 0.15) is 5.69 Å². The van der Waals surface area contributed by atoms with Crippen LogP contribution in [0.1, 0.15) is 11.3 Å². The lowest BCUT2D eigenvalue weighted by Crippen LogP contribution is -2.40. The van der Waals surface area contributed by atoms with Crippen LogP contribution in [0.2, 0.25) is 0 Å². The molecule has 0 saturated carbocycles. The second kappa shape index (κ2) is 6.70. The average Bonchev–Trinajstić information content (AvgIpc) is 3.07. The van der Waals surface area contributed by atoms with Crippen LogP contribution < -0.4 is 11.2 Å². The maximum atomic E-state index is 13.1. The minimum Gasteiger partial charge on any atom is -0.292 e. The minimum absolute atomic E-state index is 0.172. The normalized spacial score (nSPS) is 11.9. The lowest BCUT2D eigenvalue weighted by molar-refractivity contribution is -0.144. The van der Waals surface area contributed by atoms with E-state index < -0.39 is 23.1 Å². The summed E-state index contributed by atoms with van der Waals surface area (Å²) >= 11 is 1.25. The van der Waals surface area contributed by atoms with Crippen LogP contribution >= 0.6 is 11.5 Å². The van der Waals surface area contributed by atoms with Crippen LogP contribution in [0.25, 0.3) is 27.0 Å². The van der Waals surface area contributed by atoms with Gasteiger partial charge in [-0.15, -0.1) is 0 Å². The van der Waals surface area contributed by atoms with E-state index in [1.165, 1.54) is 17.6 Å². The van der Waals surface area contributed by atoms with Crippen LogP contribution in [0.3, 0.4) is 0 Å². The fourth-order valence-corrected chi connectivity index (χ4v) is 3.88. The third kappa shape index (κ3) is 3.27. The zero-order valence-electron chi connectivity index (χ0n) is 15.2. The number of rotatable bonds is 2. The smallest absolute Gasteiger partial charge is 0.292 e. The molecule has 0 aliphatic rings. The van der Waals surface area contributed by atoms with Crippen LogP contribution in [0, 0.1) is 13.0 Å². The molecule has 0 aliphatic heterocycles. The Morgan fingerprint density at radius 1 is 1.10 bits per heavy atom. The fraction of sp³-hybridized carbons (Fsp3) is 0.150. The van der Waals surface area contributed by atoms with E-state index in [9.17, 15) is 22.8 Å². The number of halogens is 3. The molecule has 0 atom stereocenters. The highest BCUT2D eigenvalue weighted by Crippen LogP contribution is 2.32. The number of alkyl halides is 3. The van der Waals surface area contributed by atoms with E-state index in [1.807, 2.05) is 19.1 Å². The Morgan fingerprint density at radius 3 is 2.55 bits per heavy atom. The maximum Gasteiger partial charge on any atom is 0.431 e. The second-order valence-corrected chi connectivity index (χ2v) is 7.34. The van der Waals surface area contributed by atoms with Crippen molar-refractivity contribution < 1.29 is 13.2 Å². The summed E-state index contributed by atoms with van der Waals surface area (Å²) in [5, 5.41) is 0.684. The predicted octanol–water partition coefficient (Wildman–Crippen LogP) is 3.94. The molecule has 4 aromatic rings. The number of hydrogen-bond acceptors (Lipinski definition) is 4. The van der Waals surface area contributed by atoms with E-state index >= 15 is 0 Å². The van der Waals surface area contributed by atoms with Gasteiger partial charge in [0.05, 0.1) is 16.1 Å². The van der Waals surface area contributed by atoms with E-state index in [4.69, 9.17) is 0 Å². The lowest BCUT2D eigenvalue weighted by Gasteiger charge is -2.14. The van der Waals surface area contributed by atoms with Gasteiger partial charge in [0.25, 0.3) is 5.56 Å². The molecule has 9 heteroatoms. The summed E-state index contributed by atoms with van der Waals surface area (Å²) in [6.07, 6.45) is -4.80. The molecule has 4 rings (SSSR count). The molecule has 1 radical (unpaired) electrons. The molecule has 0 aliphatic carbocycles. The summed E-state index contributed by atoms with van der Waals surface area (Å²) < 4.78 is 45.6. The Labute approximate surface area is 166 Å². The molecule has 0 N–H and O–H groups in total. The number of hydrogen-bond donors (Lipinski definition) is 0. The van der Waals surface area contributed by atoms with Gasteiger partial charge >= 0.3 is 11.9 Å². The van der Waals surface area contributed by atoms with E-state index in [-0.39, 0.29) is 5.69 Å². The number of aromatic nitrogens is 3. The summed E-state index contributed by atoms with van der Waals surface area (Å²) in [7, 11) is 0.985. The molecule has 2 aromatic carbocycles. The van der Waals surface area contributed by atoms with Gasteiger partial charge in [0.2, 0.25) is 0 Å². The Hall–Kier alpha value is -3.20. The fourth-order valence-electron chi connectivity index (χ4n) is 3.11. The van der Waals surface area contributed by atoms with Crippen molar-refractivity contribution in [3.05, 3.63) is 80.6 Å². The first kappa shape index (κ1) is 19.1. The maximum absolute atomic E-state index is 13.1. The standard InChI is InChI=1S/C20H13F3N3O2S/c1-11-4-3-5-12(8-11)18-14-9-13(6-7-15(14)29-24-18)26-17(27)10-16(20(21,22)23)25(2)19(26)28/h3-4,6-10H,1-2H3. The summed E-state index contributed by atoms with van der Waals surface area (Å²) in [6, 6.07) is 13.9. The highest BCUT2D eigenvalue weighted by Gasteiger charge is 2.35. The second-order valence-electron chi connectivity index (χ2n) is 6.53. The molecule has 0 saturated heterocycles.